The summed E-state index contributed by atoms with van der Waals surface area (Å²) in [5.41, 5.74) is -0.136. The second kappa shape index (κ2) is 4.92. The van der Waals surface area contributed by atoms with Gasteiger partial charge in [-0.3, -0.25) is 4.79 Å². The molecule has 2 heterocycles. The predicted molar refractivity (Wildman–Crippen MR) is 63.8 cm³/mol. The molecule has 0 unspecified atom stereocenters. The molecule has 0 aromatic rings. The van der Waals surface area contributed by atoms with Crippen molar-refractivity contribution in [1.29, 1.82) is 0 Å². The van der Waals surface area contributed by atoms with Crippen LogP contribution in [0.3, 0.4) is 0 Å². The Morgan fingerprint density at radius 3 is 2.94 bits per heavy atom. The molecule has 0 radical (unpaired) electrons. The Labute approximate surface area is 103 Å². The molecule has 1 amide bonds. The van der Waals surface area contributed by atoms with Crippen molar-refractivity contribution in [2.75, 3.05) is 47.4 Å². The minimum Gasteiger partial charge on any atom is -0.379 e. The summed E-state index contributed by atoms with van der Waals surface area (Å²) in [6.45, 7) is 2.67. The molecule has 17 heavy (non-hydrogen) atoms. The van der Waals surface area contributed by atoms with E-state index in [1.807, 2.05) is 23.9 Å². The van der Waals surface area contributed by atoms with E-state index in [1.165, 1.54) is 0 Å². The van der Waals surface area contributed by atoms with Crippen molar-refractivity contribution in [1.82, 2.24) is 9.80 Å². The monoisotopic (exact) mass is 242 g/mol. The van der Waals surface area contributed by atoms with Crippen molar-refractivity contribution in [3.63, 3.8) is 0 Å². The highest BCUT2D eigenvalue weighted by Gasteiger charge is 2.46. The lowest BCUT2D eigenvalue weighted by Crippen LogP contribution is -2.39. The number of likely N-dealkylation sites (N-methyl/N-ethyl adjacent to an activating group) is 1. The highest BCUT2D eigenvalue weighted by atomic mass is 16.6. The van der Waals surface area contributed by atoms with E-state index in [-0.39, 0.29) is 17.6 Å². The van der Waals surface area contributed by atoms with Gasteiger partial charge in [0, 0.05) is 26.6 Å². The van der Waals surface area contributed by atoms with Gasteiger partial charge in [0.2, 0.25) is 5.91 Å². The van der Waals surface area contributed by atoms with Crippen molar-refractivity contribution >= 4 is 5.91 Å². The summed E-state index contributed by atoms with van der Waals surface area (Å²) < 4.78 is 11.2. The summed E-state index contributed by atoms with van der Waals surface area (Å²) in [7, 11) is 5.55. The number of ether oxygens (including phenoxy) is 2. The lowest BCUT2D eigenvalue weighted by atomic mass is 9.98. The van der Waals surface area contributed by atoms with E-state index < -0.39 is 0 Å². The van der Waals surface area contributed by atoms with Crippen LogP contribution in [0.5, 0.6) is 0 Å². The number of nitrogens with zero attached hydrogens (tertiary/aromatic N) is 2. The molecule has 2 rings (SSSR count). The van der Waals surface area contributed by atoms with Crippen LogP contribution in [0.4, 0.5) is 0 Å². The average Bonchev–Trinajstić information content (AvgIpc) is 2.86. The topological polar surface area (TPSA) is 42.0 Å². The number of amides is 1. The summed E-state index contributed by atoms with van der Waals surface area (Å²) >= 11 is 0. The largest absolute Gasteiger partial charge is 0.379 e. The number of carbonyl (C=O) groups excluding carboxylic acids is 1. The Hall–Kier alpha value is -0.650. The molecule has 0 aromatic heterocycles. The molecular formula is C12H22N2O3. The highest BCUT2D eigenvalue weighted by molar-refractivity contribution is 5.78. The minimum absolute atomic E-state index is 0.136. The first-order chi connectivity index (χ1) is 8.04. The fourth-order valence-electron chi connectivity index (χ4n) is 2.67. The lowest BCUT2D eigenvalue weighted by Gasteiger charge is -2.24. The van der Waals surface area contributed by atoms with Crippen molar-refractivity contribution in [2.24, 2.45) is 0 Å². The SMILES string of the molecule is CO[C@H]1CO[C@@]2(CCN(C(=O)CN(C)C)C2)C1. The molecule has 0 N–H and O–H groups in total. The number of methoxy groups -OCH3 is 1. The summed E-state index contributed by atoms with van der Waals surface area (Å²) in [6.07, 6.45) is 2.04. The number of hydrogen-bond donors (Lipinski definition) is 0. The highest BCUT2D eigenvalue weighted by Crippen LogP contribution is 2.35. The van der Waals surface area contributed by atoms with Crippen molar-refractivity contribution < 1.29 is 14.3 Å². The van der Waals surface area contributed by atoms with E-state index in [0.29, 0.717) is 13.2 Å². The molecule has 2 saturated heterocycles. The third-order valence-corrected chi connectivity index (χ3v) is 3.63. The molecular weight excluding hydrogens is 220 g/mol. The second-order valence-electron chi connectivity index (χ2n) is 5.36. The molecule has 2 fully saturated rings. The maximum atomic E-state index is 11.9. The van der Waals surface area contributed by atoms with Gasteiger partial charge in [-0.05, 0) is 20.5 Å². The van der Waals surface area contributed by atoms with Crippen LogP contribution in [0.15, 0.2) is 0 Å². The second-order valence-corrected chi connectivity index (χ2v) is 5.36. The Balaban J connectivity index is 1.89. The lowest BCUT2D eigenvalue weighted by molar-refractivity contribution is -0.131. The molecule has 2 aliphatic rings. The zero-order valence-corrected chi connectivity index (χ0v) is 10.9. The maximum Gasteiger partial charge on any atom is 0.236 e. The molecule has 0 bridgehead atoms. The fourth-order valence-corrected chi connectivity index (χ4v) is 2.67. The van der Waals surface area contributed by atoms with Crippen LogP contribution in [0.2, 0.25) is 0 Å². The Kier molecular flexibility index (Phi) is 3.70. The first-order valence-electron chi connectivity index (χ1n) is 6.14. The van der Waals surface area contributed by atoms with Gasteiger partial charge in [0.05, 0.1) is 24.9 Å². The molecule has 1 spiro atoms. The summed E-state index contributed by atoms with van der Waals surface area (Å²) in [5.74, 6) is 0.191. The van der Waals surface area contributed by atoms with Crippen LogP contribution in [-0.4, -0.2) is 74.9 Å². The van der Waals surface area contributed by atoms with Gasteiger partial charge in [-0.25, -0.2) is 0 Å². The van der Waals surface area contributed by atoms with Crippen LogP contribution in [0.25, 0.3) is 0 Å². The zero-order valence-electron chi connectivity index (χ0n) is 10.9. The van der Waals surface area contributed by atoms with Gasteiger partial charge in [0.1, 0.15) is 0 Å². The Morgan fingerprint density at radius 2 is 2.35 bits per heavy atom. The van der Waals surface area contributed by atoms with E-state index in [0.717, 1.165) is 25.9 Å². The van der Waals surface area contributed by atoms with E-state index in [9.17, 15) is 4.79 Å². The maximum absolute atomic E-state index is 11.9. The molecule has 2 atom stereocenters. The molecule has 5 nitrogen and oxygen atoms in total. The molecule has 5 heteroatoms. The first kappa shape index (κ1) is 12.8. The number of likely N-dealkylation sites (tertiary alicyclic amines) is 1. The minimum atomic E-state index is -0.136. The third-order valence-electron chi connectivity index (χ3n) is 3.63. The number of hydrogen-bond acceptors (Lipinski definition) is 4. The smallest absolute Gasteiger partial charge is 0.236 e. The van der Waals surface area contributed by atoms with Gasteiger partial charge in [0.15, 0.2) is 0 Å². The zero-order chi connectivity index (χ0) is 12.5. The molecule has 0 aliphatic carbocycles. The van der Waals surface area contributed by atoms with Crippen LogP contribution in [-0.2, 0) is 14.3 Å². The van der Waals surface area contributed by atoms with Crippen LogP contribution < -0.4 is 0 Å². The Bertz CT molecular complexity index is 295. The van der Waals surface area contributed by atoms with E-state index in [2.05, 4.69) is 0 Å². The normalized spacial score (nSPS) is 32.9. The fraction of sp³-hybridized carbons (Fsp3) is 0.917. The van der Waals surface area contributed by atoms with Crippen LogP contribution in [0.1, 0.15) is 12.8 Å². The third kappa shape index (κ3) is 2.78. The van der Waals surface area contributed by atoms with Gasteiger partial charge in [-0.1, -0.05) is 0 Å². The van der Waals surface area contributed by atoms with E-state index in [1.54, 1.807) is 7.11 Å². The molecule has 98 valence electrons. The standard InChI is InChI=1S/C12H22N2O3/c1-13(2)7-11(15)14-5-4-12(9-14)6-10(16-3)8-17-12/h10H,4-9H2,1-3H3/t10-,12+/m1/s1. The first-order valence-corrected chi connectivity index (χ1v) is 6.14. The number of rotatable bonds is 3. The van der Waals surface area contributed by atoms with E-state index in [4.69, 9.17) is 9.47 Å². The number of carbonyl (C=O) groups is 1. The van der Waals surface area contributed by atoms with Crippen LogP contribution >= 0.6 is 0 Å². The van der Waals surface area contributed by atoms with Gasteiger partial charge >= 0.3 is 0 Å². The van der Waals surface area contributed by atoms with Gasteiger partial charge < -0.3 is 19.3 Å². The van der Waals surface area contributed by atoms with Crippen molar-refractivity contribution in [3.8, 4) is 0 Å². The summed E-state index contributed by atoms with van der Waals surface area (Å²) in [6, 6.07) is 0. The molecule has 0 aromatic carbocycles. The van der Waals surface area contributed by atoms with Crippen LogP contribution in [0, 0.1) is 0 Å². The predicted octanol–water partition coefficient (Wildman–Crippen LogP) is -0.0456. The molecule has 0 saturated carbocycles. The molecule has 2 aliphatic heterocycles. The summed E-state index contributed by atoms with van der Waals surface area (Å²) in [4.78, 5) is 15.8. The average molecular weight is 242 g/mol. The van der Waals surface area contributed by atoms with Crippen molar-refractivity contribution in [3.05, 3.63) is 0 Å². The van der Waals surface area contributed by atoms with Gasteiger partial charge in [0.25, 0.3) is 0 Å². The van der Waals surface area contributed by atoms with Gasteiger partial charge in [-0.2, -0.15) is 0 Å². The quantitative estimate of drug-likeness (QED) is 0.696. The van der Waals surface area contributed by atoms with Crippen molar-refractivity contribution in [2.45, 2.75) is 24.5 Å². The Morgan fingerprint density at radius 1 is 1.59 bits per heavy atom. The van der Waals surface area contributed by atoms with Gasteiger partial charge in [-0.15, -0.1) is 0 Å². The summed E-state index contributed by atoms with van der Waals surface area (Å²) in [5, 5.41) is 0. The van der Waals surface area contributed by atoms with E-state index >= 15 is 0 Å².